The van der Waals surface area contributed by atoms with Crippen LogP contribution >= 0.6 is 24.8 Å². The lowest BCUT2D eigenvalue weighted by Gasteiger charge is -2.36. The van der Waals surface area contributed by atoms with Gasteiger partial charge in [0.05, 0.1) is 31.5 Å². The Labute approximate surface area is 234 Å². The summed E-state index contributed by atoms with van der Waals surface area (Å²) in [5.41, 5.74) is 1.11. The number of piperazine rings is 1. The molecule has 0 saturated carbocycles. The van der Waals surface area contributed by atoms with Gasteiger partial charge in [0.15, 0.2) is 0 Å². The van der Waals surface area contributed by atoms with E-state index in [2.05, 4.69) is 15.9 Å². The van der Waals surface area contributed by atoms with Crippen molar-refractivity contribution in [3.63, 3.8) is 0 Å². The first kappa shape index (κ1) is 29.7. The molecule has 2 aromatic carbocycles. The molecule has 3 heterocycles. The van der Waals surface area contributed by atoms with Crippen LogP contribution in [0.1, 0.15) is 19.8 Å². The lowest BCUT2D eigenvalue weighted by atomic mass is 10.2. The van der Waals surface area contributed by atoms with Gasteiger partial charge in [0.2, 0.25) is 0 Å². The number of benzene rings is 2. The zero-order valence-electron chi connectivity index (χ0n) is 21.9. The fourth-order valence-electron chi connectivity index (χ4n) is 5.08. The second-order valence-corrected chi connectivity index (χ2v) is 9.26. The average molecular weight is 568 g/mol. The third-order valence-electron chi connectivity index (χ3n) is 6.97. The highest BCUT2D eigenvalue weighted by atomic mass is 35.5. The van der Waals surface area contributed by atoms with Crippen molar-refractivity contribution in [2.75, 3.05) is 57.9 Å². The fraction of sp³-hybridized carbons (Fsp3) is 0.481. The summed E-state index contributed by atoms with van der Waals surface area (Å²) in [4.78, 5) is 31.7. The van der Waals surface area contributed by atoms with Crippen LogP contribution < -0.4 is 30.4 Å². The molecule has 38 heavy (non-hydrogen) atoms. The van der Waals surface area contributed by atoms with Crippen LogP contribution in [-0.4, -0.2) is 67.1 Å². The van der Waals surface area contributed by atoms with Crippen molar-refractivity contribution in [1.29, 1.82) is 0 Å². The number of methoxy groups -OCH3 is 1. The summed E-state index contributed by atoms with van der Waals surface area (Å²) in [6.07, 6.45) is 1.52. The summed E-state index contributed by atoms with van der Waals surface area (Å²) in [6, 6.07) is 11.6. The minimum absolute atomic E-state index is 0. The number of ether oxygens (including phenoxy) is 3. The molecule has 0 N–H and O–H groups in total. The van der Waals surface area contributed by atoms with E-state index in [0.29, 0.717) is 55.2 Å². The monoisotopic (exact) mass is 566 g/mol. The van der Waals surface area contributed by atoms with Gasteiger partial charge in [0.1, 0.15) is 22.6 Å². The Morgan fingerprint density at radius 2 is 1.63 bits per heavy atom. The van der Waals surface area contributed by atoms with Crippen molar-refractivity contribution in [3.05, 3.63) is 57.2 Å². The number of nitrogens with zero attached hydrogens (tertiary/aromatic N) is 4. The molecule has 1 fully saturated rings. The van der Waals surface area contributed by atoms with E-state index in [1.165, 1.54) is 4.57 Å². The van der Waals surface area contributed by atoms with Gasteiger partial charge in [-0.2, -0.15) is 0 Å². The molecule has 0 aliphatic carbocycles. The Hall–Kier alpha value is -2.88. The van der Waals surface area contributed by atoms with Crippen molar-refractivity contribution in [2.24, 2.45) is 0 Å². The number of rotatable bonds is 7. The van der Waals surface area contributed by atoms with Crippen LogP contribution in [0.15, 0.2) is 46.0 Å². The number of hydrogen-bond acceptors (Lipinski definition) is 7. The lowest BCUT2D eigenvalue weighted by molar-refractivity contribution is 0.235. The zero-order valence-corrected chi connectivity index (χ0v) is 23.5. The number of aromatic nitrogens is 2. The average Bonchev–Trinajstić information content (AvgIpc) is 2.89. The van der Waals surface area contributed by atoms with Crippen LogP contribution in [0.5, 0.6) is 17.2 Å². The summed E-state index contributed by atoms with van der Waals surface area (Å²) in [6.45, 7) is 7.93. The maximum Gasteiger partial charge on any atom is 0.331 e. The van der Waals surface area contributed by atoms with Gasteiger partial charge in [0.25, 0.3) is 5.56 Å². The second kappa shape index (κ2) is 13.3. The first-order valence-corrected chi connectivity index (χ1v) is 12.8. The van der Waals surface area contributed by atoms with Crippen LogP contribution in [0.2, 0.25) is 0 Å². The fourth-order valence-corrected chi connectivity index (χ4v) is 5.08. The van der Waals surface area contributed by atoms with Gasteiger partial charge in [-0.15, -0.1) is 24.8 Å². The van der Waals surface area contributed by atoms with Gasteiger partial charge >= 0.3 is 5.69 Å². The number of para-hydroxylation sites is 2. The molecule has 208 valence electrons. The summed E-state index contributed by atoms with van der Waals surface area (Å²) < 4.78 is 20.3. The number of halogens is 2. The predicted molar refractivity (Wildman–Crippen MR) is 155 cm³/mol. The van der Waals surface area contributed by atoms with Gasteiger partial charge in [-0.3, -0.25) is 18.8 Å². The van der Waals surface area contributed by atoms with Gasteiger partial charge < -0.3 is 19.1 Å². The van der Waals surface area contributed by atoms with E-state index in [1.54, 1.807) is 23.8 Å². The van der Waals surface area contributed by atoms with E-state index < -0.39 is 0 Å². The summed E-state index contributed by atoms with van der Waals surface area (Å²) in [5.74, 6) is 2.00. The Kier molecular flexibility index (Phi) is 10.4. The topological polar surface area (TPSA) is 78.2 Å². The molecule has 11 heteroatoms. The van der Waals surface area contributed by atoms with Crippen molar-refractivity contribution in [2.45, 2.75) is 32.9 Å². The lowest BCUT2D eigenvalue weighted by Crippen LogP contribution is -2.49. The van der Waals surface area contributed by atoms with E-state index in [-0.39, 0.29) is 36.1 Å². The highest BCUT2D eigenvalue weighted by Crippen LogP contribution is 2.31. The van der Waals surface area contributed by atoms with E-state index in [4.69, 9.17) is 14.2 Å². The Balaban J connectivity index is 0.00000200. The summed E-state index contributed by atoms with van der Waals surface area (Å²) >= 11 is 0. The first-order valence-electron chi connectivity index (χ1n) is 12.8. The molecule has 0 atom stereocenters. The van der Waals surface area contributed by atoms with Crippen LogP contribution in [0.25, 0.3) is 10.9 Å². The normalized spacial score (nSPS) is 15.4. The van der Waals surface area contributed by atoms with Crippen molar-refractivity contribution in [3.8, 4) is 17.2 Å². The molecule has 0 radical (unpaired) electrons. The SMILES string of the molecule is CCCn1c(=O)n(CCN2CCN(c3ccccc3OC)CC2)c(=O)c2c3cc(cc21)OCCCO3.Cl.Cl. The molecule has 0 unspecified atom stereocenters. The van der Waals surface area contributed by atoms with E-state index in [9.17, 15) is 9.59 Å². The maximum atomic E-state index is 13.6. The van der Waals surface area contributed by atoms with Gasteiger partial charge in [0, 0.05) is 64.4 Å². The Bertz CT molecular complexity index is 1350. The standard InChI is InChI=1S/C27H34N4O5.2ClH/c1-3-9-30-22-18-20-19-24(36-17-6-16-35-20)25(22)26(32)31(27(30)33)15-12-28-10-13-29(14-11-28)21-7-4-5-8-23(21)34-2;;/h4-5,7-8,18-19H,3,6,9-17H2,1-2H3;2*1H. The van der Waals surface area contributed by atoms with Gasteiger partial charge in [-0.05, 0) is 18.6 Å². The zero-order chi connectivity index (χ0) is 25.1. The van der Waals surface area contributed by atoms with Crippen LogP contribution in [0, 0.1) is 0 Å². The molecular weight excluding hydrogens is 531 g/mol. The van der Waals surface area contributed by atoms with Gasteiger partial charge in [-0.1, -0.05) is 19.1 Å². The second-order valence-electron chi connectivity index (χ2n) is 9.26. The third-order valence-corrected chi connectivity index (χ3v) is 6.97. The summed E-state index contributed by atoms with van der Waals surface area (Å²) in [5, 5.41) is 0.457. The molecule has 1 saturated heterocycles. The van der Waals surface area contributed by atoms with Crippen LogP contribution in [0.3, 0.4) is 0 Å². The van der Waals surface area contributed by atoms with E-state index in [0.717, 1.165) is 50.5 Å². The minimum Gasteiger partial charge on any atom is -0.495 e. The molecule has 3 aromatic rings. The number of fused-ring (bicyclic) bond motifs is 4. The largest absolute Gasteiger partial charge is 0.495 e. The molecule has 2 aliphatic rings. The predicted octanol–water partition coefficient (Wildman–Crippen LogP) is 3.41. The molecule has 2 bridgehead atoms. The number of anilines is 1. The van der Waals surface area contributed by atoms with Crippen LogP contribution in [-0.2, 0) is 13.1 Å². The van der Waals surface area contributed by atoms with Crippen molar-refractivity contribution in [1.82, 2.24) is 14.0 Å². The smallest absolute Gasteiger partial charge is 0.331 e. The molecule has 0 spiro atoms. The molecule has 2 aliphatic heterocycles. The third kappa shape index (κ3) is 5.90. The summed E-state index contributed by atoms with van der Waals surface area (Å²) in [7, 11) is 1.69. The maximum absolute atomic E-state index is 13.6. The molecule has 9 nitrogen and oxygen atoms in total. The van der Waals surface area contributed by atoms with E-state index >= 15 is 0 Å². The first-order chi connectivity index (χ1) is 17.6. The highest BCUT2D eigenvalue weighted by Gasteiger charge is 2.22. The molecule has 0 amide bonds. The van der Waals surface area contributed by atoms with Crippen molar-refractivity contribution >= 4 is 41.4 Å². The van der Waals surface area contributed by atoms with Crippen LogP contribution in [0.4, 0.5) is 5.69 Å². The Morgan fingerprint density at radius 1 is 0.895 bits per heavy atom. The molecular formula is C27H36Cl2N4O5. The minimum atomic E-state index is -0.294. The number of aryl methyl sites for hydroxylation is 1. The molecule has 5 rings (SSSR count). The molecule has 1 aromatic heterocycles. The number of hydrogen-bond donors (Lipinski definition) is 0. The highest BCUT2D eigenvalue weighted by molar-refractivity contribution is 5.86. The van der Waals surface area contributed by atoms with E-state index in [1.807, 2.05) is 25.1 Å². The Morgan fingerprint density at radius 3 is 2.37 bits per heavy atom. The van der Waals surface area contributed by atoms with Crippen molar-refractivity contribution < 1.29 is 14.2 Å². The quantitative estimate of drug-likeness (QED) is 0.433. The van der Waals surface area contributed by atoms with Gasteiger partial charge in [-0.25, -0.2) is 4.79 Å².